The summed E-state index contributed by atoms with van der Waals surface area (Å²) in [5, 5.41) is 3.57. The van der Waals surface area contributed by atoms with Crippen LogP contribution in [0.2, 0.25) is 8.67 Å². The summed E-state index contributed by atoms with van der Waals surface area (Å²) in [5.41, 5.74) is 0.555. The number of hydrogen-bond acceptors (Lipinski definition) is 3. The van der Waals surface area contributed by atoms with Crippen LogP contribution in [0.5, 0.6) is 0 Å². The third-order valence-electron chi connectivity index (χ3n) is 4.38. The molecule has 2 aliphatic heterocycles. The number of carbonyl (C=O) groups is 1. The predicted molar refractivity (Wildman–Crippen MR) is 84.0 cm³/mol. The highest BCUT2D eigenvalue weighted by atomic mass is 35.5. The monoisotopic (exact) mass is 332 g/mol. The van der Waals surface area contributed by atoms with Gasteiger partial charge in [-0.2, -0.15) is 0 Å². The number of nitrogens with one attached hydrogen (secondary N) is 1. The number of carbonyl (C=O) groups excluding carboxylic acids is 1. The second-order valence-electron chi connectivity index (χ2n) is 5.57. The van der Waals surface area contributed by atoms with Gasteiger partial charge in [0.05, 0.1) is 9.90 Å². The van der Waals surface area contributed by atoms with E-state index < -0.39 is 0 Å². The second kappa shape index (κ2) is 6.22. The Morgan fingerprint density at radius 3 is 2.60 bits per heavy atom. The molecular formula is C14H18Cl2N2OS. The van der Waals surface area contributed by atoms with E-state index in [1.54, 1.807) is 6.07 Å². The maximum atomic E-state index is 12.4. The molecule has 0 aliphatic carbocycles. The molecule has 20 heavy (non-hydrogen) atoms. The standard InChI is InChI=1S/C14H18Cl2N2OS/c15-12-8-10(13(16)20-12)14(19)18-6-3-9(4-7-18)11-2-1-5-17-11/h8-9,11,17H,1-7H2. The molecule has 2 fully saturated rings. The Labute approximate surface area is 133 Å². The molecule has 0 saturated carbocycles. The van der Waals surface area contributed by atoms with Crippen LogP contribution in [0.3, 0.4) is 0 Å². The Morgan fingerprint density at radius 2 is 2.05 bits per heavy atom. The Bertz CT molecular complexity index is 491. The van der Waals surface area contributed by atoms with Gasteiger partial charge in [0, 0.05) is 19.1 Å². The molecule has 1 aromatic rings. The first kappa shape index (κ1) is 14.6. The molecule has 0 spiro atoms. The number of hydrogen-bond donors (Lipinski definition) is 1. The summed E-state index contributed by atoms with van der Waals surface area (Å²) in [6.07, 6.45) is 4.73. The molecule has 2 aliphatic rings. The van der Waals surface area contributed by atoms with Crippen molar-refractivity contribution in [1.82, 2.24) is 10.2 Å². The Balaban J connectivity index is 1.60. The molecule has 110 valence electrons. The fraction of sp³-hybridized carbons (Fsp3) is 0.643. The lowest BCUT2D eigenvalue weighted by Gasteiger charge is -2.34. The van der Waals surface area contributed by atoms with E-state index in [2.05, 4.69) is 5.32 Å². The molecule has 0 bridgehead atoms. The lowest BCUT2D eigenvalue weighted by atomic mass is 9.88. The van der Waals surface area contributed by atoms with E-state index in [1.807, 2.05) is 4.90 Å². The first-order valence-corrected chi connectivity index (χ1v) is 8.70. The van der Waals surface area contributed by atoms with E-state index in [0.717, 1.165) is 32.5 Å². The first-order chi connectivity index (χ1) is 9.65. The largest absolute Gasteiger partial charge is 0.339 e. The minimum atomic E-state index is 0.0241. The van der Waals surface area contributed by atoms with Gasteiger partial charge < -0.3 is 10.2 Å². The lowest BCUT2D eigenvalue weighted by molar-refractivity contribution is 0.0675. The molecule has 1 atom stereocenters. The zero-order valence-corrected chi connectivity index (χ0v) is 13.5. The maximum absolute atomic E-state index is 12.4. The van der Waals surface area contributed by atoms with Crippen molar-refractivity contribution in [2.45, 2.75) is 31.7 Å². The van der Waals surface area contributed by atoms with Gasteiger partial charge in [0.2, 0.25) is 0 Å². The average Bonchev–Trinajstić information content (AvgIpc) is 3.08. The number of nitrogens with zero attached hydrogens (tertiary/aromatic N) is 1. The van der Waals surface area contributed by atoms with E-state index in [9.17, 15) is 4.79 Å². The van der Waals surface area contributed by atoms with E-state index in [4.69, 9.17) is 23.2 Å². The molecule has 3 heterocycles. The second-order valence-corrected chi connectivity index (χ2v) is 7.86. The van der Waals surface area contributed by atoms with E-state index >= 15 is 0 Å². The highest BCUT2D eigenvalue weighted by molar-refractivity contribution is 7.20. The van der Waals surface area contributed by atoms with Crippen molar-refractivity contribution in [2.24, 2.45) is 5.92 Å². The summed E-state index contributed by atoms with van der Waals surface area (Å²) < 4.78 is 1.07. The van der Waals surface area contributed by atoms with Crippen molar-refractivity contribution in [3.8, 4) is 0 Å². The molecule has 0 aromatic carbocycles. The zero-order valence-electron chi connectivity index (χ0n) is 11.2. The zero-order chi connectivity index (χ0) is 14.1. The van der Waals surface area contributed by atoms with Crippen LogP contribution in [0, 0.1) is 5.92 Å². The number of rotatable bonds is 2. The highest BCUT2D eigenvalue weighted by Gasteiger charge is 2.31. The van der Waals surface area contributed by atoms with Gasteiger partial charge in [-0.25, -0.2) is 0 Å². The fourth-order valence-corrected chi connectivity index (χ4v) is 4.72. The summed E-state index contributed by atoms with van der Waals surface area (Å²) in [7, 11) is 0. The minimum Gasteiger partial charge on any atom is -0.339 e. The van der Waals surface area contributed by atoms with Gasteiger partial charge in [0.25, 0.3) is 5.91 Å². The van der Waals surface area contributed by atoms with Crippen LogP contribution in [-0.4, -0.2) is 36.5 Å². The minimum absolute atomic E-state index is 0.0241. The van der Waals surface area contributed by atoms with Crippen molar-refractivity contribution in [1.29, 1.82) is 0 Å². The van der Waals surface area contributed by atoms with Gasteiger partial charge in [-0.1, -0.05) is 23.2 Å². The van der Waals surface area contributed by atoms with Gasteiger partial charge in [0.15, 0.2) is 0 Å². The molecule has 1 unspecified atom stereocenters. The lowest BCUT2D eigenvalue weighted by Crippen LogP contribution is -2.43. The third kappa shape index (κ3) is 2.98. The van der Waals surface area contributed by atoms with Crippen LogP contribution in [-0.2, 0) is 0 Å². The molecule has 1 aromatic heterocycles. The fourth-order valence-electron chi connectivity index (χ4n) is 3.28. The molecule has 3 nitrogen and oxygen atoms in total. The first-order valence-electron chi connectivity index (χ1n) is 7.12. The SMILES string of the molecule is O=C(c1cc(Cl)sc1Cl)N1CCC(C2CCCN2)CC1. The van der Waals surface area contributed by atoms with E-state index in [0.29, 0.717) is 26.2 Å². The Hall–Kier alpha value is -0.290. The number of amides is 1. The van der Waals surface area contributed by atoms with Crippen LogP contribution >= 0.6 is 34.5 Å². The summed E-state index contributed by atoms with van der Waals surface area (Å²) in [6.45, 7) is 2.80. The third-order valence-corrected chi connectivity index (χ3v) is 5.87. The number of likely N-dealkylation sites (tertiary alicyclic amines) is 1. The molecule has 3 rings (SSSR count). The summed E-state index contributed by atoms with van der Waals surface area (Å²) >= 11 is 13.2. The maximum Gasteiger partial charge on any atom is 0.256 e. The van der Waals surface area contributed by atoms with Crippen molar-refractivity contribution in [3.05, 3.63) is 20.3 Å². The average molecular weight is 333 g/mol. The van der Waals surface area contributed by atoms with E-state index in [1.165, 1.54) is 24.2 Å². The van der Waals surface area contributed by atoms with Gasteiger partial charge in [0.1, 0.15) is 4.34 Å². The number of piperidine rings is 1. The highest BCUT2D eigenvalue weighted by Crippen LogP contribution is 2.33. The molecule has 1 N–H and O–H groups in total. The van der Waals surface area contributed by atoms with Crippen molar-refractivity contribution < 1.29 is 4.79 Å². The predicted octanol–water partition coefficient (Wildman–Crippen LogP) is 3.66. The van der Waals surface area contributed by atoms with Crippen molar-refractivity contribution >= 4 is 40.4 Å². The van der Waals surface area contributed by atoms with Crippen LogP contribution in [0.15, 0.2) is 6.07 Å². The number of thiophene rings is 1. The summed E-state index contributed by atoms with van der Waals surface area (Å²) in [4.78, 5) is 14.3. The van der Waals surface area contributed by atoms with Gasteiger partial charge >= 0.3 is 0 Å². The molecule has 0 radical (unpaired) electrons. The van der Waals surface area contributed by atoms with Crippen molar-refractivity contribution in [2.75, 3.05) is 19.6 Å². The van der Waals surface area contributed by atoms with Gasteiger partial charge in [-0.3, -0.25) is 4.79 Å². The summed E-state index contributed by atoms with van der Waals surface area (Å²) in [6, 6.07) is 2.34. The summed E-state index contributed by atoms with van der Waals surface area (Å²) in [5.74, 6) is 0.735. The number of halogens is 2. The quantitative estimate of drug-likeness (QED) is 0.896. The molecule has 6 heteroatoms. The normalized spacial score (nSPS) is 24.3. The Morgan fingerprint density at radius 1 is 1.30 bits per heavy atom. The Kier molecular flexibility index (Phi) is 4.55. The molecule has 2 saturated heterocycles. The van der Waals surface area contributed by atoms with Crippen molar-refractivity contribution in [3.63, 3.8) is 0 Å². The van der Waals surface area contributed by atoms with Gasteiger partial charge in [-0.15, -0.1) is 11.3 Å². The van der Waals surface area contributed by atoms with Gasteiger partial charge in [-0.05, 0) is 44.2 Å². The molecular weight excluding hydrogens is 315 g/mol. The molecule has 1 amide bonds. The van der Waals surface area contributed by atoms with Crippen LogP contribution in [0.4, 0.5) is 0 Å². The smallest absolute Gasteiger partial charge is 0.256 e. The van der Waals surface area contributed by atoms with Crippen LogP contribution in [0.1, 0.15) is 36.0 Å². The van der Waals surface area contributed by atoms with E-state index in [-0.39, 0.29) is 5.91 Å². The van der Waals surface area contributed by atoms with Crippen LogP contribution in [0.25, 0.3) is 0 Å². The topological polar surface area (TPSA) is 32.3 Å². The van der Waals surface area contributed by atoms with Crippen LogP contribution < -0.4 is 5.32 Å².